The number of fused-ring (bicyclic) bond motifs is 1. The second-order valence-electron chi connectivity index (χ2n) is 4.89. The molecule has 0 bridgehead atoms. The van der Waals surface area contributed by atoms with Gasteiger partial charge in [0.1, 0.15) is 19.0 Å². The minimum absolute atomic E-state index is 0.168. The van der Waals surface area contributed by atoms with Crippen LogP contribution in [0.2, 0.25) is 0 Å². The van der Waals surface area contributed by atoms with Crippen LogP contribution in [0.3, 0.4) is 0 Å². The Balaban J connectivity index is 2.08. The molecule has 1 unspecified atom stereocenters. The topological polar surface area (TPSA) is 69.0 Å². The first-order chi connectivity index (χ1) is 10.7. The molecule has 0 saturated heterocycles. The first-order valence-corrected chi connectivity index (χ1v) is 6.92. The molecule has 0 aliphatic carbocycles. The number of hydrogen-bond donors (Lipinski definition) is 1. The Kier molecular flexibility index (Phi) is 3.74. The summed E-state index contributed by atoms with van der Waals surface area (Å²) in [5.41, 5.74) is 2.18. The summed E-state index contributed by atoms with van der Waals surface area (Å²) in [6.07, 6.45) is 3.01. The third kappa shape index (κ3) is 2.39. The maximum Gasteiger partial charge on any atom is 0.338 e. The molecule has 1 aromatic heterocycles. The van der Waals surface area contributed by atoms with Gasteiger partial charge in [0.05, 0.1) is 5.57 Å². The first-order valence-electron chi connectivity index (χ1n) is 6.92. The van der Waals surface area contributed by atoms with Crippen molar-refractivity contribution in [3.8, 4) is 0 Å². The normalized spacial score (nSPS) is 16.7. The van der Waals surface area contributed by atoms with Crippen LogP contribution in [-0.2, 0) is 9.53 Å². The highest BCUT2D eigenvalue weighted by atomic mass is 16.5. The molecule has 1 aliphatic rings. The van der Waals surface area contributed by atoms with E-state index in [1.807, 2.05) is 37.3 Å². The lowest BCUT2D eigenvalue weighted by Crippen LogP contribution is -2.29. The lowest BCUT2D eigenvalue weighted by Gasteiger charge is -2.28. The molecule has 22 heavy (non-hydrogen) atoms. The smallest absolute Gasteiger partial charge is 0.338 e. The fraction of sp³-hybridized carbons (Fsp3) is 0.188. The molecular formula is C16H16N4O2. The number of benzene rings is 1. The molecule has 0 amide bonds. The number of nitrogens with one attached hydrogen (secondary N) is 1. The summed E-state index contributed by atoms with van der Waals surface area (Å²) >= 11 is 0. The summed E-state index contributed by atoms with van der Waals surface area (Å²) in [5, 5.41) is 7.33. The quantitative estimate of drug-likeness (QED) is 0.692. The fourth-order valence-electron chi connectivity index (χ4n) is 2.51. The molecule has 1 atom stereocenters. The maximum atomic E-state index is 12.5. The number of anilines is 1. The van der Waals surface area contributed by atoms with Crippen molar-refractivity contribution in [3.63, 3.8) is 0 Å². The Morgan fingerprint density at radius 1 is 1.45 bits per heavy atom. The minimum atomic E-state index is -0.389. The minimum Gasteiger partial charge on any atom is -0.458 e. The van der Waals surface area contributed by atoms with E-state index in [-0.39, 0.29) is 18.6 Å². The van der Waals surface area contributed by atoms with E-state index in [0.29, 0.717) is 17.2 Å². The summed E-state index contributed by atoms with van der Waals surface area (Å²) in [6.45, 7) is 5.57. The predicted molar refractivity (Wildman–Crippen MR) is 82.1 cm³/mol. The van der Waals surface area contributed by atoms with Gasteiger partial charge in [-0.25, -0.2) is 9.48 Å². The van der Waals surface area contributed by atoms with Crippen molar-refractivity contribution in [1.82, 2.24) is 14.8 Å². The van der Waals surface area contributed by atoms with Crippen LogP contribution in [0, 0.1) is 0 Å². The molecule has 0 fully saturated rings. The zero-order chi connectivity index (χ0) is 15.5. The van der Waals surface area contributed by atoms with Gasteiger partial charge in [-0.15, -0.1) is 0 Å². The monoisotopic (exact) mass is 296 g/mol. The molecule has 0 radical (unpaired) electrons. The lowest BCUT2D eigenvalue weighted by atomic mass is 9.96. The first kappa shape index (κ1) is 14.1. The van der Waals surface area contributed by atoms with Gasteiger partial charge in [-0.05, 0) is 12.5 Å². The predicted octanol–water partition coefficient (Wildman–Crippen LogP) is 2.30. The van der Waals surface area contributed by atoms with Gasteiger partial charge < -0.3 is 10.1 Å². The molecule has 2 heterocycles. The molecule has 3 rings (SSSR count). The number of aromatic nitrogens is 3. The van der Waals surface area contributed by atoms with Gasteiger partial charge in [-0.2, -0.15) is 10.1 Å². The van der Waals surface area contributed by atoms with Crippen LogP contribution in [0.1, 0.15) is 18.5 Å². The van der Waals surface area contributed by atoms with Crippen LogP contribution in [0.5, 0.6) is 0 Å². The van der Waals surface area contributed by atoms with Gasteiger partial charge in [0.2, 0.25) is 5.95 Å². The second kappa shape index (κ2) is 5.85. The summed E-state index contributed by atoms with van der Waals surface area (Å²) in [7, 11) is 0. The van der Waals surface area contributed by atoms with E-state index in [2.05, 4.69) is 22.0 Å². The molecule has 112 valence electrons. The molecule has 1 N–H and O–H groups in total. The van der Waals surface area contributed by atoms with Gasteiger partial charge in [-0.1, -0.05) is 43.0 Å². The summed E-state index contributed by atoms with van der Waals surface area (Å²) in [4.78, 5) is 16.6. The van der Waals surface area contributed by atoms with Crippen molar-refractivity contribution in [2.75, 3.05) is 11.9 Å². The van der Waals surface area contributed by atoms with E-state index in [4.69, 9.17) is 4.74 Å². The number of ether oxygens (including phenoxy) is 1. The number of carbonyl (C=O) groups excluding carboxylic acids is 1. The van der Waals surface area contributed by atoms with Crippen LogP contribution >= 0.6 is 0 Å². The molecular weight excluding hydrogens is 280 g/mol. The van der Waals surface area contributed by atoms with Crippen molar-refractivity contribution in [1.29, 1.82) is 0 Å². The van der Waals surface area contributed by atoms with Crippen LogP contribution in [0.15, 0.2) is 60.6 Å². The average Bonchev–Trinajstić information content (AvgIpc) is 2.99. The van der Waals surface area contributed by atoms with Crippen LogP contribution in [0.4, 0.5) is 5.95 Å². The number of esters is 1. The largest absolute Gasteiger partial charge is 0.458 e. The number of allylic oxidation sites excluding steroid dienone is 1. The fourth-order valence-corrected chi connectivity index (χ4v) is 2.51. The number of rotatable bonds is 4. The average molecular weight is 296 g/mol. The zero-order valence-corrected chi connectivity index (χ0v) is 12.2. The van der Waals surface area contributed by atoms with E-state index >= 15 is 0 Å². The van der Waals surface area contributed by atoms with Crippen molar-refractivity contribution < 1.29 is 9.53 Å². The Bertz CT molecular complexity index is 734. The van der Waals surface area contributed by atoms with Crippen LogP contribution in [-0.4, -0.2) is 27.3 Å². The van der Waals surface area contributed by atoms with Gasteiger partial charge >= 0.3 is 5.97 Å². The molecule has 6 nitrogen and oxygen atoms in total. The zero-order valence-electron chi connectivity index (χ0n) is 12.2. The highest BCUT2D eigenvalue weighted by molar-refractivity contribution is 5.92. The number of nitrogens with zero attached hydrogens (tertiary/aromatic N) is 3. The van der Waals surface area contributed by atoms with E-state index in [1.54, 1.807) is 10.8 Å². The summed E-state index contributed by atoms with van der Waals surface area (Å²) in [6, 6.07) is 9.33. The van der Waals surface area contributed by atoms with Crippen molar-refractivity contribution in [2.24, 2.45) is 0 Å². The second-order valence-corrected chi connectivity index (χ2v) is 4.89. The van der Waals surface area contributed by atoms with Crippen molar-refractivity contribution >= 4 is 11.9 Å². The third-order valence-electron chi connectivity index (χ3n) is 3.46. The Labute approximate surface area is 128 Å². The van der Waals surface area contributed by atoms with Gasteiger partial charge in [0.15, 0.2) is 0 Å². The Hall–Kier alpha value is -2.89. The van der Waals surface area contributed by atoms with E-state index in [9.17, 15) is 4.79 Å². The molecule has 0 saturated carbocycles. The lowest BCUT2D eigenvalue weighted by molar-refractivity contribution is -0.138. The van der Waals surface area contributed by atoms with Gasteiger partial charge in [0, 0.05) is 5.70 Å². The van der Waals surface area contributed by atoms with Crippen LogP contribution < -0.4 is 5.32 Å². The molecule has 0 spiro atoms. The van der Waals surface area contributed by atoms with Gasteiger partial charge in [-0.3, -0.25) is 0 Å². The molecule has 2 aromatic rings. The molecule has 1 aliphatic heterocycles. The van der Waals surface area contributed by atoms with Crippen molar-refractivity contribution in [2.45, 2.75) is 13.0 Å². The summed E-state index contributed by atoms with van der Waals surface area (Å²) in [5.74, 6) is 0.214. The molecule has 6 heteroatoms. The standard InChI is InChI=1S/C16H16N4O2/c1-3-9-22-15(21)13-11(2)19-16-17-10-18-20(16)14(13)12-7-5-4-6-8-12/h3-8,10,14H,1,9H2,2H3,(H,17,18,19). The highest BCUT2D eigenvalue weighted by Gasteiger charge is 2.33. The van der Waals surface area contributed by atoms with E-state index in [0.717, 1.165) is 5.56 Å². The van der Waals surface area contributed by atoms with E-state index < -0.39 is 0 Å². The molecule has 1 aromatic carbocycles. The van der Waals surface area contributed by atoms with Crippen molar-refractivity contribution in [3.05, 3.63) is 66.1 Å². The van der Waals surface area contributed by atoms with Gasteiger partial charge in [0.25, 0.3) is 0 Å². The summed E-state index contributed by atoms with van der Waals surface area (Å²) < 4.78 is 6.92. The Morgan fingerprint density at radius 2 is 2.23 bits per heavy atom. The highest BCUT2D eigenvalue weighted by Crippen LogP contribution is 2.34. The number of carbonyl (C=O) groups is 1. The van der Waals surface area contributed by atoms with Crippen LogP contribution in [0.25, 0.3) is 0 Å². The Morgan fingerprint density at radius 3 is 2.95 bits per heavy atom. The number of hydrogen-bond acceptors (Lipinski definition) is 5. The SMILES string of the molecule is C=CCOC(=O)C1=C(C)Nc2ncnn2C1c1ccccc1. The van der Waals surface area contributed by atoms with E-state index in [1.165, 1.54) is 6.33 Å². The third-order valence-corrected chi connectivity index (χ3v) is 3.46. The maximum absolute atomic E-state index is 12.5.